The molecule has 1 heterocycles. The van der Waals surface area contributed by atoms with Gasteiger partial charge in [0, 0.05) is 6.54 Å². The Hall–Kier alpha value is -0.970. The summed E-state index contributed by atoms with van der Waals surface area (Å²) in [5.74, 6) is 1.41. The highest BCUT2D eigenvalue weighted by Crippen LogP contribution is 2.32. The highest BCUT2D eigenvalue weighted by atomic mass is 35.5. The Morgan fingerprint density at radius 3 is 2.60 bits per heavy atom. The second kappa shape index (κ2) is 5.21. The van der Waals surface area contributed by atoms with Crippen LogP contribution in [0.5, 0.6) is 11.5 Å². The molecule has 1 aromatic carbocycles. The van der Waals surface area contributed by atoms with Crippen molar-refractivity contribution in [3.05, 3.63) is 23.8 Å². The first-order valence-corrected chi connectivity index (χ1v) is 4.59. The van der Waals surface area contributed by atoms with Gasteiger partial charge in [0.05, 0.1) is 6.10 Å². The van der Waals surface area contributed by atoms with E-state index in [2.05, 4.69) is 0 Å². The maximum Gasteiger partial charge on any atom is 0.161 e. The molecule has 0 aliphatic carbocycles. The fourth-order valence-corrected chi connectivity index (χ4v) is 1.40. The summed E-state index contributed by atoms with van der Waals surface area (Å²) >= 11 is 0. The Balaban J connectivity index is 0.00000112. The van der Waals surface area contributed by atoms with Crippen LogP contribution < -0.4 is 15.2 Å². The van der Waals surface area contributed by atoms with Crippen molar-refractivity contribution in [2.45, 2.75) is 6.10 Å². The van der Waals surface area contributed by atoms with Gasteiger partial charge in [-0.05, 0) is 17.7 Å². The van der Waals surface area contributed by atoms with Crippen LogP contribution in [0.3, 0.4) is 0 Å². The standard InChI is InChI=1S/C10H13NO3.ClH/c11-6-8(12)7-1-2-9-10(5-7)14-4-3-13-9;/h1-2,5,8,12H,3-4,6,11H2;1H. The lowest BCUT2D eigenvalue weighted by molar-refractivity contribution is 0.166. The van der Waals surface area contributed by atoms with Gasteiger partial charge >= 0.3 is 0 Å². The molecule has 1 aliphatic heterocycles. The van der Waals surface area contributed by atoms with Crippen LogP contribution in [-0.4, -0.2) is 24.9 Å². The monoisotopic (exact) mass is 231 g/mol. The van der Waals surface area contributed by atoms with Gasteiger partial charge in [0.2, 0.25) is 0 Å². The normalized spacial score (nSPS) is 15.3. The van der Waals surface area contributed by atoms with Crippen LogP contribution in [-0.2, 0) is 0 Å². The molecular formula is C10H14ClNO3. The first-order valence-electron chi connectivity index (χ1n) is 4.59. The molecule has 1 aliphatic rings. The Bertz CT molecular complexity index is 332. The number of aliphatic hydroxyl groups excluding tert-OH is 1. The molecule has 1 unspecified atom stereocenters. The molecule has 0 aromatic heterocycles. The molecule has 15 heavy (non-hydrogen) atoms. The summed E-state index contributed by atoms with van der Waals surface area (Å²) in [6, 6.07) is 5.36. The number of hydrogen-bond donors (Lipinski definition) is 2. The third kappa shape index (κ3) is 2.53. The quantitative estimate of drug-likeness (QED) is 0.793. The number of aliphatic hydroxyl groups is 1. The first-order chi connectivity index (χ1) is 6.81. The minimum absolute atomic E-state index is 0. The summed E-state index contributed by atoms with van der Waals surface area (Å²) in [7, 11) is 0. The topological polar surface area (TPSA) is 64.7 Å². The van der Waals surface area contributed by atoms with Crippen molar-refractivity contribution >= 4 is 12.4 Å². The fourth-order valence-electron chi connectivity index (χ4n) is 1.40. The molecule has 84 valence electrons. The van der Waals surface area contributed by atoms with Gasteiger partial charge in [0.1, 0.15) is 13.2 Å². The zero-order valence-corrected chi connectivity index (χ0v) is 9.00. The van der Waals surface area contributed by atoms with E-state index in [1.165, 1.54) is 0 Å². The lowest BCUT2D eigenvalue weighted by atomic mass is 10.1. The average molecular weight is 232 g/mol. The van der Waals surface area contributed by atoms with Crippen molar-refractivity contribution in [1.29, 1.82) is 0 Å². The number of fused-ring (bicyclic) bond motifs is 1. The lowest BCUT2D eigenvalue weighted by Gasteiger charge is -2.19. The van der Waals surface area contributed by atoms with Gasteiger partial charge in [-0.15, -0.1) is 12.4 Å². The summed E-state index contributed by atoms with van der Waals surface area (Å²) < 4.78 is 10.7. The lowest BCUT2D eigenvalue weighted by Crippen LogP contribution is -2.16. The van der Waals surface area contributed by atoms with Gasteiger partial charge in [-0.1, -0.05) is 6.07 Å². The number of benzene rings is 1. The molecular weight excluding hydrogens is 218 g/mol. The van der Waals surface area contributed by atoms with Crippen LogP contribution in [0, 0.1) is 0 Å². The number of halogens is 1. The third-order valence-electron chi connectivity index (χ3n) is 2.17. The smallest absolute Gasteiger partial charge is 0.161 e. The van der Waals surface area contributed by atoms with E-state index < -0.39 is 6.10 Å². The summed E-state index contributed by atoms with van der Waals surface area (Å²) in [4.78, 5) is 0. The zero-order valence-electron chi connectivity index (χ0n) is 8.18. The number of hydrogen-bond acceptors (Lipinski definition) is 4. The molecule has 0 spiro atoms. The first kappa shape index (κ1) is 12.1. The third-order valence-corrected chi connectivity index (χ3v) is 2.17. The maximum atomic E-state index is 9.51. The highest BCUT2D eigenvalue weighted by molar-refractivity contribution is 5.85. The maximum absolute atomic E-state index is 9.51. The van der Waals surface area contributed by atoms with Crippen molar-refractivity contribution in [3.63, 3.8) is 0 Å². The van der Waals surface area contributed by atoms with Crippen molar-refractivity contribution in [2.24, 2.45) is 5.73 Å². The predicted molar refractivity (Wildman–Crippen MR) is 58.7 cm³/mol. The summed E-state index contributed by atoms with van der Waals surface area (Å²) in [6.45, 7) is 1.33. The molecule has 0 bridgehead atoms. The molecule has 0 saturated carbocycles. The van der Waals surface area contributed by atoms with Gasteiger partial charge in [-0.2, -0.15) is 0 Å². The molecule has 5 heteroatoms. The molecule has 2 rings (SSSR count). The Morgan fingerprint density at radius 1 is 1.27 bits per heavy atom. The fraction of sp³-hybridized carbons (Fsp3) is 0.400. The Labute approximate surface area is 94.4 Å². The number of rotatable bonds is 2. The van der Waals surface area contributed by atoms with E-state index in [1.54, 1.807) is 18.2 Å². The molecule has 1 atom stereocenters. The van der Waals surface area contributed by atoms with E-state index in [1.807, 2.05) is 0 Å². The summed E-state index contributed by atoms with van der Waals surface area (Å²) in [5.41, 5.74) is 6.12. The second-order valence-electron chi connectivity index (χ2n) is 3.15. The van der Waals surface area contributed by atoms with Crippen molar-refractivity contribution < 1.29 is 14.6 Å². The molecule has 1 aromatic rings. The van der Waals surface area contributed by atoms with Crippen LogP contribution in [0.2, 0.25) is 0 Å². The van der Waals surface area contributed by atoms with Crippen LogP contribution in [0.25, 0.3) is 0 Å². The van der Waals surface area contributed by atoms with Crippen LogP contribution in [0.15, 0.2) is 18.2 Å². The van der Waals surface area contributed by atoms with Gasteiger partial charge in [0.15, 0.2) is 11.5 Å². The minimum atomic E-state index is -0.633. The van der Waals surface area contributed by atoms with E-state index in [0.717, 1.165) is 11.3 Å². The molecule has 4 nitrogen and oxygen atoms in total. The number of nitrogens with two attached hydrogens (primary N) is 1. The molecule has 0 amide bonds. The van der Waals surface area contributed by atoms with E-state index in [-0.39, 0.29) is 19.0 Å². The van der Waals surface area contributed by atoms with E-state index >= 15 is 0 Å². The van der Waals surface area contributed by atoms with Crippen molar-refractivity contribution in [1.82, 2.24) is 0 Å². The Morgan fingerprint density at radius 2 is 1.93 bits per heavy atom. The van der Waals surface area contributed by atoms with Gasteiger partial charge in [0.25, 0.3) is 0 Å². The average Bonchev–Trinajstić information content (AvgIpc) is 2.27. The predicted octanol–water partition coefficient (Wildman–Crippen LogP) is 0.872. The van der Waals surface area contributed by atoms with Crippen LogP contribution in [0.4, 0.5) is 0 Å². The minimum Gasteiger partial charge on any atom is -0.486 e. The van der Waals surface area contributed by atoms with Gasteiger partial charge in [-0.25, -0.2) is 0 Å². The van der Waals surface area contributed by atoms with Crippen molar-refractivity contribution in [3.8, 4) is 11.5 Å². The molecule has 3 N–H and O–H groups in total. The zero-order chi connectivity index (χ0) is 9.97. The van der Waals surface area contributed by atoms with Gasteiger partial charge in [-0.3, -0.25) is 0 Å². The number of ether oxygens (including phenoxy) is 2. The highest BCUT2D eigenvalue weighted by Gasteiger charge is 2.14. The van der Waals surface area contributed by atoms with E-state index in [0.29, 0.717) is 19.0 Å². The molecule has 0 radical (unpaired) electrons. The molecule has 0 saturated heterocycles. The van der Waals surface area contributed by atoms with E-state index in [4.69, 9.17) is 15.2 Å². The summed E-state index contributed by atoms with van der Waals surface area (Å²) in [5, 5.41) is 9.51. The van der Waals surface area contributed by atoms with Crippen LogP contribution in [0.1, 0.15) is 11.7 Å². The van der Waals surface area contributed by atoms with E-state index in [9.17, 15) is 5.11 Å². The van der Waals surface area contributed by atoms with Gasteiger partial charge < -0.3 is 20.3 Å². The molecule has 0 fully saturated rings. The largest absolute Gasteiger partial charge is 0.486 e. The Kier molecular flexibility index (Phi) is 4.20. The second-order valence-corrected chi connectivity index (χ2v) is 3.15. The van der Waals surface area contributed by atoms with Crippen LogP contribution >= 0.6 is 12.4 Å². The SMILES string of the molecule is Cl.NCC(O)c1ccc2c(c1)OCCO2. The summed E-state index contributed by atoms with van der Waals surface area (Å²) in [6.07, 6.45) is -0.633. The van der Waals surface area contributed by atoms with Crippen molar-refractivity contribution in [2.75, 3.05) is 19.8 Å².